The predicted molar refractivity (Wildman–Crippen MR) is 106 cm³/mol. The van der Waals surface area contributed by atoms with Crippen LogP contribution in [0.3, 0.4) is 0 Å². The van der Waals surface area contributed by atoms with Gasteiger partial charge in [0.1, 0.15) is 29.8 Å². The maximum absolute atomic E-state index is 12.7. The van der Waals surface area contributed by atoms with E-state index in [1.165, 1.54) is 48.7 Å². The van der Waals surface area contributed by atoms with E-state index in [9.17, 15) is 19.2 Å². The molecule has 0 rings (SSSR count). The number of hydrogen-bond acceptors (Lipinski definition) is 7. The predicted octanol–water partition coefficient (Wildman–Crippen LogP) is -0.831. The van der Waals surface area contributed by atoms with Crippen LogP contribution >= 0.6 is 0 Å². The summed E-state index contributed by atoms with van der Waals surface area (Å²) in [6, 6.07) is -1.19. The summed E-state index contributed by atoms with van der Waals surface area (Å²) in [7, 11) is 1.19. The Morgan fingerprint density at radius 2 is 1.52 bits per heavy atom. The number of nitrogens with one attached hydrogen (secondary N) is 3. The van der Waals surface area contributed by atoms with E-state index in [1.807, 2.05) is 0 Å². The number of carbonyl (C=O) groups is 4. The smallest absolute Gasteiger partial charge is 0.330 e. The van der Waals surface area contributed by atoms with Gasteiger partial charge in [0.2, 0.25) is 17.7 Å². The van der Waals surface area contributed by atoms with E-state index in [0.717, 1.165) is 0 Å². The minimum atomic E-state index is -1.37. The third-order valence-electron chi connectivity index (χ3n) is 3.76. The first-order valence-corrected chi connectivity index (χ1v) is 8.95. The SMILES string of the molecule is CC#COC[C@H](NC(=O)C(C)(C)NC(=O)C(C)(C)N)C(=O)NC(C)(C)C(=O)OC. The zero-order valence-electron chi connectivity index (χ0n) is 18.3. The van der Waals surface area contributed by atoms with Crippen molar-refractivity contribution in [2.75, 3.05) is 13.7 Å². The zero-order chi connectivity index (χ0) is 23.0. The van der Waals surface area contributed by atoms with Crippen molar-refractivity contribution in [3.8, 4) is 12.0 Å². The van der Waals surface area contributed by atoms with Crippen LogP contribution in [-0.2, 0) is 28.7 Å². The molecule has 0 bridgehead atoms. The van der Waals surface area contributed by atoms with E-state index in [4.69, 9.17) is 10.5 Å². The van der Waals surface area contributed by atoms with Gasteiger partial charge >= 0.3 is 5.97 Å². The largest absolute Gasteiger partial charge is 0.467 e. The summed E-state index contributed by atoms with van der Waals surface area (Å²) in [5, 5.41) is 7.53. The maximum Gasteiger partial charge on any atom is 0.330 e. The first kappa shape index (κ1) is 26.2. The highest BCUT2D eigenvalue weighted by molar-refractivity contribution is 5.97. The van der Waals surface area contributed by atoms with Crippen molar-refractivity contribution in [1.29, 1.82) is 0 Å². The van der Waals surface area contributed by atoms with E-state index < -0.39 is 46.3 Å². The summed E-state index contributed by atoms with van der Waals surface area (Å²) in [5.74, 6) is -0.0453. The van der Waals surface area contributed by atoms with Gasteiger partial charge < -0.3 is 31.2 Å². The Balaban J connectivity index is 5.42. The molecule has 29 heavy (non-hydrogen) atoms. The molecule has 3 amide bonds. The number of carbonyl (C=O) groups excluding carboxylic acids is 4. The van der Waals surface area contributed by atoms with Gasteiger partial charge in [-0.1, -0.05) is 5.92 Å². The third-order valence-corrected chi connectivity index (χ3v) is 3.76. The Bertz CT molecular complexity index is 698. The molecule has 10 heteroatoms. The quantitative estimate of drug-likeness (QED) is 0.285. The molecule has 5 N–H and O–H groups in total. The minimum absolute atomic E-state index is 0.276. The van der Waals surface area contributed by atoms with Crippen molar-refractivity contribution in [3.63, 3.8) is 0 Å². The van der Waals surface area contributed by atoms with Crippen LogP contribution in [-0.4, -0.2) is 60.1 Å². The number of nitrogens with two attached hydrogens (primary N) is 1. The summed E-state index contributed by atoms with van der Waals surface area (Å²) < 4.78 is 9.71. The number of rotatable bonds is 9. The summed E-state index contributed by atoms with van der Waals surface area (Å²) in [6.45, 7) is 10.1. The van der Waals surface area contributed by atoms with Gasteiger partial charge in [-0.25, -0.2) is 4.79 Å². The lowest BCUT2D eigenvalue weighted by Gasteiger charge is -2.31. The standard InChI is InChI=1S/C19H32N4O6/c1-9-10-29-11-12(13(24)22-19(6,7)16(27)28-8)21-15(26)18(4,5)23-14(25)17(2,3)20/h12H,11,20H2,1-8H3,(H,21,26)(H,22,24)(H,23,25)/t12-/m0/s1. The van der Waals surface area contributed by atoms with Gasteiger partial charge in [0.15, 0.2) is 0 Å². The van der Waals surface area contributed by atoms with Crippen LogP contribution in [0, 0.1) is 12.0 Å². The fourth-order valence-electron chi connectivity index (χ4n) is 1.92. The van der Waals surface area contributed by atoms with E-state index >= 15 is 0 Å². The van der Waals surface area contributed by atoms with Crippen LogP contribution in [0.5, 0.6) is 0 Å². The lowest BCUT2D eigenvalue weighted by atomic mass is 9.99. The molecule has 0 aromatic rings. The minimum Gasteiger partial charge on any atom is -0.467 e. The Morgan fingerprint density at radius 1 is 0.966 bits per heavy atom. The van der Waals surface area contributed by atoms with E-state index in [2.05, 4.69) is 32.7 Å². The highest BCUT2D eigenvalue weighted by Gasteiger charge is 2.38. The van der Waals surface area contributed by atoms with Crippen molar-refractivity contribution in [3.05, 3.63) is 0 Å². The van der Waals surface area contributed by atoms with E-state index in [1.54, 1.807) is 6.92 Å². The monoisotopic (exact) mass is 412 g/mol. The molecule has 0 saturated heterocycles. The molecular weight excluding hydrogens is 380 g/mol. The molecule has 0 fully saturated rings. The molecule has 0 radical (unpaired) electrons. The molecule has 0 heterocycles. The van der Waals surface area contributed by atoms with Crippen molar-refractivity contribution in [1.82, 2.24) is 16.0 Å². The van der Waals surface area contributed by atoms with Crippen molar-refractivity contribution in [2.24, 2.45) is 5.73 Å². The molecule has 1 atom stereocenters. The molecule has 0 aliphatic carbocycles. The van der Waals surface area contributed by atoms with Gasteiger partial charge in [0.05, 0.1) is 12.6 Å². The Hall–Kier alpha value is -2.80. The first-order valence-electron chi connectivity index (χ1n) is 8.95. The van der Waals surface area contributed by atoms with E-state index in [-0.39, 0.29) is 6.61 Å². The zero-order valence-corrected chi connectivity index (χ0v) is 18.3. The summed E-state index contributed by atoms with van der Waals surface area (Å²) in [4.78, 5) is 49.3. The average molecular weight is 412 g/mol. The second-order valence-electron chi connectivity index (χ2n) is 8.10. The van der Waals surface area contributed by atoms with Crippen molar-refractivity contribution < 1.29 is 28.7 Å². The first-order chi connectivity index (χ1) is 13.1. The van der Waals surface area contributed by atoms with Crippen molar-refractivity contribution in [2.45, 2.75) is 71.1 Å². The average Bonchev–Trinajstić information content (AvgIpc) is 2.58. The summed E-state index contributed by atoms with van der Waals surface area (Å²) >= 11 is 0. The van der Waals surface area contributed by atoms with Gasteiger partial charge in [-0.05, 0) is 41.5 Å². The molecule has 0 aliphatic heterocycles. The number of methoxy groups -OCH3 is 1. The van der Waals surface area contributed by atoms with Gasteiger partial charge in [-0.15, -0.1) is 0 Å². The van der Waals surface area contributed by atoms with E-state index in [0.29, 0.717) is 0 Å². The fourth-order valence-corrected chi connectivity index (χ4v) is 1.92. The maximum atomic E-state index is 12.7. The highest BCUT2D eigenvalue weighted by atomic mass is 16.5. The van der Waals surface area contributed by atoms with Crippen LogP contribution in [0.2, 0.25) is 0 Å². The van der Waals surface area contributed by atoms with Crippen LogP contribution in [0.4, 0.5) is 0 Å². The number of hydrogen-bond donors (Lipinski definition) is 4. The fraction of sp³-hybridized carbons (Fsp3) is 0.684. The van der Waals surface area contributed by atoms with Gasteiger partial charge in [0, 0.05) is 6.92 Å². The second-order valence-corrected chi connectivity index (χ2v) is 8.10. The lowest BCUT2D eigenvalue weighted by Crippen LogP contribution is -2.64. The topological polar surface area (TPSA) is 149 Å². The Morgan fingerprint density at radius 3 is 1.97 bits per heavy atom. The molecule has 0 unspecified atom stereocenters. The van der Waals surface area contributed by atoms with Crippen molar-refractivity contribution >= 4 is 23.7 Å². The molecule has 10 nitrogen and oxygen atoms in total. The molecule has 0 aliphatic rings. The molecular formula is C19H32N4O6. The molecule has 0 spiro atoms. The lowest BCUT2D eigenvalue weighted by molar-refractivity contribution is -0.150. The van der Waals surface area contributed by atoms with Crippen LogP contribution < -0.4 is 21.7 Å². The summed E-state index contributed by atoms with van der Waals surface area (Å²) in [6.07, 6.45) is 2.34. The normalized spacial score (nSPS) is 12.6. The molecule has 164 valence electrons. The van der Waals surface area contributed by atoms with Gasteiger partial charge in [-0.2, -0.15) is 0 Å². The number of amides is 3. The van der Waals surface area contributed by atoms with Crippen LogP contribution in [0.15, 0.2) is 0 Å². The second kappa shape index (κ2) is 10.1. The molecule has 0 saturated carbocycles. The Kier molecular flexibility index (Phi) is 9.14. The number of esters is 1. The highest BCUT2D eigenvalue weighted by Crippen LogP contribution is 2.09. The van der Waals surface area contributed by atoms with Gasteiger partial charge in [-0.3, -0.25) is 14.4 Å². The summed E-state index contributed by atoms with van der Waals surface area (Å²) in [5.41, 5.74) is 1.84. The van der Waals surface area contributed by atoms with Gasteiger partial charge in [0.25, 0.3) is 0 Å². The molecule has 0 aromatic heterocycles. The molecule has 0 aromatic carbocycles. The van der Waals surface area contributed by atoms with Crippen LogP contribution in [0.1, 0.15) is 48.5 Å². The van der Waals surface area contributed by atoms with Crippen LogP contribution in [0.25, 0.3) is 0 Å². The Labute approximate surface area is 171 Å². The third kappa shape index (κ3) is 8.39. The number of ether oxygens (including phenoxy) is 2.